The highest BCUT2D eigenvalue weighted by molar-refractivity contribution is 6.10. The van der Waals surface area contributed by atoms with E-state index in [0.717, 1.165) is 5.39 Å². The second-order valence-corrected chi connectivity index (χ2v) is 4.67. The second kappa shape index (κ2) is 5.81. The number of fused-ring (bicyclic) bond motifs is 1. The molecule has 3 rings (SSSR count). The van der Waals surface area contributed by atoms with Gasteiger partial charge in [0.2, 0.25) is 5.88 Å². The minimum Gasteiger partial charge on any atom is -0.497 e. The lowest BCUT2D eigenvalue weighted by Gasteiger charge is -2.06. The molecule has 1 aromatic heterocycles. The summed E-state index contributed by atoms with van der Waals surface area (Å²) in [6, 6.07) is 12.3. The number of ketones is 1. The molecule has 0 atom stereocenters. The average molecular weight is 294 g/mol. The maximum atomic E-state index is 12.5. The first-order valence-corrected chi connectivity index (χ1v) is 6.70. The van der Waals surface area contributed by atoms with E-state index in [1.807, 2.05) is 0 Å². The number of rotatable bonds is 4. The number of carbonyl (C=O) groups is 1. The van der Waals surface area contributed by atoms with Crippen molar-refractivity contribution < 1.29 is 14.3 Å². The summed E-state index contributed by atoms with van der Waals surface area (Å²) in [5, 5.41) is 0.774. The predicted octanol–water partition coefficient (Wildman–Crippen LogP) is 2.88. The second-order valence-electron chi connectivity index (χ2n) is 4.67. The molecule has 3 aromatic rings. The zero-order valence-corrected chi connectivity index (χ0v) is 12.2. The van der Waals surface area contributed by atoms with Crippen LogP contribution < -0.4 is 9.47 Å². The van der Waals surface area contributed by atoms with Crippen molar-refractivity contribution in [1.82, 2.24) is 9.97 Å². The third kappa shape index (κ3) is 2.48. The number of carbonyl (C=O) groups excluding carboxylic acids is 1. The first-order valence-electron chi connectivity index (χ1n) is 6.70. The van der Waals surface area contributed by atoms with E-state index < -0.39 is 0 Å². The van der Waals surface area contributed by atoms with E-state index in [2.05, 4.69) is 9.97 Å². The summed E-state index contributed by atoms with van der Waals surface area (Å²) in [5.41, 5.74) is 1.84. The molecule has 5 nitrogen and oxygen atoms in total. The Morgan fingerprint density at radius 1 is 0.909 bits per heavy atom. The van der Waals surface area contributed by atoms with Crippen LogP contribution in [0.25, 0.3) is 10.9 Å². The molecule has 0 unspecified atom stereocenters. The van der Waals surface area contributed by atoms with Gasteiger partial charge >= 0.3 is 0 Å². The highest BCUT2D eigenvalue weighted by Gasteiger charge is 2.12. The Bertz CT molecular complexity index is 829. The highest BCUT2D eigenvalue weighted by atomic mass is 16.5. The normalized spacial score (nSPS) is 10.5. The standard InChI is InChI=1S/C17H14N2O3/c1-21-13-6-3-11(4-7-13)16(20)12-5-8-14-15(9-12)18-10-19-17(14)22-2/h3-10H,1-2H3. The molecule has 0 aliphatic carbocycles. The number of ether oxygens (including phenoxy) is 2. The van der Waals surface area contributed by atoms with Gasteiger partial charge in [0.15, 0.2) is 5.78 Å². The lowest BCUT2D eigenvalue weighted by molar-refractivity contribution is 0.103. The summed E-state index contributed by atoms with van der Waals surface area (Å²) in [5.74, 6) is 1.14. The van der Waals surface area contributed by atoms with Gasteiger partial charge in [-0.3, -0.25) is 4.79 Å². The van der Waals surface area contributed by atoms with E-state index in [4.69, 9.17) is 9.47 Å². The molecule has 0 amide bonds. The highest BCUT2D eigenvalue weighted by Crippen LogP contribution is 2.23. The van der Waals surface area contributed by atoms with Crippen molar-refractivity contribution in [2.75, 3.05) is 14.2 Å². The lowest BCUT2D eigenvalue weighted by Crippen LogP contribution is -2.02. The average Bonchev–Trinajstić information content (AvgIpc) is 2.60. The van der Waals surface area contributed by atoms with Gasteiger partial charge in [0, 0.05) is 11.1 Å². The molecule has 22 heavy (non-hydrogen) atoms. The lowest BCUT2D eigenvalue weighted by atomic mass is 10.0. The zero-order chi connectivity index (χ0) is 15.5. The molecule has 0 N–H and O–H groups in total. The fourth-order valence-corrected chi connectivity index (χ4v) is 2.25. The van der Waals surface area contributed by atoms with Crippen LogP contribution in [0.5, 0.6) is 11.6 Å². The largest absolute Gasteiger partial charge is 0.497 e. The van der Waals surface area contributed by atoms with Gasteiger partial charge in [0.25, 0.3) is 0 Å². The molecule has 1 heterocycles. The smallest absolute Gasteiger partial charge is 0.224 e. The third-order valence-corrected chi connectivity index (χ3v) is 3.41. The van der Waals surface area contributed by atoms with Gasteiger partial charge in [-0.05, 0) is 36.4 Å². The Morgan fingerprint density at radius 2 is 1.64 bits per heavy atom. The molecule has 2 aromatic carbocycles. The van der Waals surface area contributed by atoms with Crippen molar-refractivity contribution in [3.63, 3.8) is 0 Å². The molecule has 0 aliphatic heterocycles. The van der Waals surface area contributed by atoms with Gasteiger partial charge in [-0.15, -0.1) is 0 Å². The molecule has 0 aliphatic rings. The molecule has 0 fully saturated rings. The number of benzene rings is 2. The summed E-state index contributed by atoms with van der Waals surface area (Å²) in [7, 11) is 3.14. The van der Waals surface area contributed by atoms with Gasteiger partial charge in [0.1, 0.15) is 12.1 Å². The number of hydrogen-bond donors (Lipinski definition) is 0. The first kappa shape index (κ1) is 14.0. The van der Waals surface area contributed by atoms with Crippen LogP contribution >= 0.6 is 0 Å². The third-order valence-electron chi connectivity index (χ3n) is 3.41. The first-order chi connectivity index (χ1) is 10.7. The molecule has 110 valence electrons. The van der Waals surface area contributed by atoms with E-state index in [0.29, 0.717) is 28.3 Å². The summed E-state index contributed by atoms with van der Waals surface area (Å²) < 4.78 is 10.3. The molecule has 0 spiro atoms. The monoisotopic (exact) mass is 294 g/mol. The molecule has 5 heteroatoms. The van der Waals surface area contributed by atoms with Crippen molar-refractivity contribution >= 4 is 16.7 Å². The summed E-state index contributed by atoms with van der Waals surface area (Å²) >= 11 is 0. The molecule has 0 saturated carbocycles. The number of methoxy groups -OCH3 is 2. The van der Waals surface area contributed by atoms with Gasteiger partial charge in [-0.25, -0.2) is 9.97 Å². The fourth-order valence-electron chi connectivity index (χ4n) is 2.25. The SMILES string of the molecule is COc1ccc(C(=O)c2ccc3c(OC)ncnc3c2)cc1. The number of aromatic nitrogens is 2. The molecular formula is C17H14N2O3. The Labute approximate surface area is 127 Å². The van der Waals surface area contributed by atoms with E-state index in [1.165, 1.54) is 6.33 Å². The molecule has 0 saturated heterocycles. The molecule has 0 radical (unpaired) electrons. The van der Waals surface area contributed by atoms with Gasteiger partial charge in [0.05, 0.1) is 25.1 Å². The minimum atomic E-state index is -0.0675. The zero-order valence-electron chi connectivity index (χ0n) is 12.2. The summed E-state index contributed by atoms with van der Waals surface area (Å²) in [4.78, 5) is 20.8. The van der Waals surface area contributed by atoms with Gasteiger partial charge < -0.3 is 9.47 Å². The van der Waals surface area contributed by atoms with Crippen LogP contribution in [-0.2, 0) is 0 Å². The van der Waals surface area contributed by atoms with Gasteiger partial charge in [-0.1, -0.05) is 6.07 Å². The van der Waals surface area contributed by atoms with Crippen LogP contribution in [0.1, 0.15) is 15.9 Å². The predicted molar refractivity (Wildman–Crippen MR) is 82.5 cm³/mol. The van der Waals surface area contributed by atoms with E-state index >= 15 is 0 Å². The van der Waals surface area contributed by atoms with Crippen molar-refractivity contribution in [2.45, 2.75) is 0 Å². The fraction of sp³-hybridized carbons (Fsp3) is 0.118. The minimum absolute atomic E-state index is 0.0675. The summed E-state index contributed by atoms with van der Waals surface area (Å²) in [6.45, 7) is 0. The van der Waals surface area contributed by atoms with Gasteiger partial charge in [-0.2, -0.15) is 0 Å². The van der Waals surface area contributed by atoms with Crippen LogP contribution in [-0.4, -0.2) is 30.0 Å². The molecular weight excluding hydrogens is 280 g/mol. The van der Waals surface area contributed by atoms with Crippen molar-refractivity contribution in [3.05, 3.63) is 59.9 Å². The summed E-state index contributed by atoms with van der Waals surface area (Å²) in [6.07, 6.45) is 1.42. The maximum absolute atomic E-state index is 12.5. The Morgan fingerprint density at radius 3 is 2.32 bits per heavy atom. The van der Waals surface area contributed by atoms with Crippen LogP contribution in [0.2, 0.25) is 0 Å². The maximum Gasteiger partial charge on any atom is 0.224 e. The Kier molecular flexibility index (Phi) is 3.70. The quantitative estimate of drug-likeness (QED) is 0.692. The van der Waals surface area contributed by atoms with Crippen LogP contribution in [0.15, 0.2) is 48.8 Å². The molecule has 0 bridgehead atoms. The van der Waals surface area contributed by atoms with Crippen LogP contribution in [0.4, 0.5) is 0 Å². The Balaban J connectivity index is 2.00. The van der Waals surface area contributed by atoms with Crippen molar-refractivity contribution in [1.29, 1.82) is 0 Å². The van der Waals surface area contributed by atoms with Crippen molar-refractivity contribution in [2.24, 2.45) is 0 Å². The topological polar surface area (TPSA) is 61.3 Å². The van der Waals surface area contributed by atoms with E-state index in [-0.39, 0.29) is 5.78 Å². The van der Waals surface area contributed by atoms with Crippen LogP contribution in [0.3, 0.4) is 0 Å². The van der Waals surface area contributed by atoms with Crippen molar-refractivity contribution in [3.8, 4) is 11.6 Å². The number of nitrogens with zero attached hydrogens (tertiary/aromatic N) is 2. The Hall–Kier alpha value is -2.95. The van der Waals surface area contributed by atoms with E-state index in [9.17, 15) is 4.79 Å². The van der Waals surface area contributed by atoms with E-state index in [1.54, 1.807) is 56.7 Å². The van der Waals surface area contributed by atoms with Crippen LogP contribution in [0, 0.1) is 0 Å². The number of hydrogen-bond acceptors (Lipinski definition) is 5.